The maximum atomic E-state index is 9.46. The van der Waals surface area contributed by atoms with Crippen molar-refractivity contribution in [2.75, 3.05) is 13.6 Å². The number of hydrogen-bond donors (Lipinski definition) is 2. The van der Waals surface area contributed by atoms with Crippen LogP contribution in [0.25, 0.3) is 6.08 Å². The highest BCUT2D eigenvalue weighted by Gasteiger charge is 1.94. The number of aromatic hydroxyl groups is 1. The summed E-state index contributed by atoms with van der Waals surface area (Å²) in [6.45, 7) is 2.87. The zero-order valence-electron chi connectivity index (χ0n) is 8.75. The Kier molecular flexibility index (Phi) is 4.20. The first kappa shape index (κ1) is 10.8. The lowest BCUT2D eigenvalue weighted by molar-refractivity contribution is 0.471. The van der Waals surface area contributed by atoms with Crippen LogP contribution in [0.1, 0.15) is 17.5 Å². The normalized spacial score (nSPS) is 11.0. The van der Waals surface area contributed by atoms with Crippen molar-refractivity contribution in [3.63, 3.8) is 0 Å². The van der Waals surface area contributed by atoms with Gasteiger partial charge in [0.25, 0.3) is 0 Å². The predicted octanol–water partition coefficient (Wildman–Crippen LogP) is 2.32. The molecule has 0 fully saturated rings. The second-order valence-corrected chi connectivity index (χ2v) is 3.34. The first-order valence-corrected chi connectivity index (χ1v) is 4.85. The van der Waals surface area contributed by atoms with Gasteiger partial charge in [-0.1, -0.05) is 24.3 Å². The average Bonchev–Trinajstić information content (AvgIpc) is 2.18. The average molecular weight is 191 g/mol. The van der Waals surface area contributed by atoms with Crippen molar-refractivity contribution in [1.29, 1.82) is 0 Å². The highest BCUT2D eigenvalue weighted by molar-refractivity contribution is 5.53. The third kappa shape index (κ3) is 3.23. The van der Waals surface area contributed by atoms with Crippen LogP contribution in [-0.2, 0) is 0 Å². The number of phenolic OH excluding ortho intramolecular Hbond substituents is 1. The van der Waals surface area contributed by atoms with E-state index in [2.05, 4.69) is 11.4 Å². The van der Waals surface area contributed by atoms with E-state index in [0.717, 1.165) is 24.1 Å². The summed E-state index contributed by atoms with van der Waals surface area (Å²) in [4.78, 5) is 0. The molecule has 0 bridgehead atoms. The highest BCUT2D eigenvalue weighted by atomic mass is 16.3. The fraction of sp³-hybridized carbons (Fsp3) is 0.333. The van der Waals surface area contributed by atoms with Gasteiger partial charge in [-0.3, -0.25) is 0 Å². The van der Waals surface area contributed by atoms with Gasteiger partial charge in [0.15, 0.2) is 0 Å². The van der Waals surface area contributed by atoms with Crippen molar-refractivity contribution in [3.8, 4) is 5.75 Å². The molecule has 76 valence electrons. The lowest BCUT2D eigenvalue weighted by atomic mass is 10.1. The molecule has 0 saturated carbocycles. The summed E-state index contributed by atoms with van der Waals surface area (Å²) >= 11 is 0. The second kappa shape index (κ2) is 5.45. The van der Waals surface area contributed by atoms with Crippen LogP contribution in [0.2, 0.25) is 0 Å². The maximum absolute atomic E-state index is 9.46. The van der Waals surface area contributed by atoms with Crippen LogP contribution in [-0.4, -0.2) is 18.7 Å². The Labute approximate surface area is 85.3 Å². The Morgan fingerprint density at radius 3 is 2.86 bits per heavy atom. The lowest BCUT2D eigenvalue weighted by Crippen LogP contribution is -2.05. The Hall–Kier alpha value is -1.28. The van der Waals surface area contributed by atoms with Crippen molar-refractivity contribution in [2.24, 2.45) is 0 Å². The van der Waals surface area contributed by atoms with E-state index in [0.29, 0.717) is 5.75 Å². The molecule has 0 heterocycles. The van der Waals surface area contributed by atoms with E-state index in [1.165, 1.54) is 0 Å². The van der Waals surface area contributed by atoms with Crippen LogP contribution in [0.3, 0.4) is 0 Å². The molecule has 0 aliphatic carbocycles. The number of benzene rings is 1. The molecule has 0 aromatic heterocycles. The first-order valence-electron chi connectivity index (χ1n) is 4.85. The molecule has 2 nitrogen and oxygen atoms in total. The topological polar surface area (TPSA) is 32.3 Å². The standard InChI is InChI=1S/C12H17NO/c1-10-6-7-11(9-12(10)14)5-3-4-8-13-2/h3,5-7,9,13-14H,4,8H2,1-2H3. The molecule has 1 aromatic carbocycles. The molecule has 0 unspecified atom stereocenters. The van der Waals surface area contributed by atoms with E-state index in [-0.39, 0.29) is 0 Å². The first-order chi connectivity index (χ1) is 6.74. The van der Waals surface area contributed by atoms with Crippen LogP contribution in [0, 0.1) is 6.92 Å². The van der Waals surface area contributed by atoms with Gasteiger partial charge in [0.1, 0.15) is 5.75 Å². The van der Waals surface area contributed by atoms with E-state index >= 15 is 0 Å². The molecule has 0 spiro atoms. The molecule has 2 N–H and O–H groups in total. The van der Waals surface area contributed by atoms with Gasteiger partial charge in [-0.05, 0) is 44.1 Å². The quantitative estimate of drug-likeness (QED) is 0.716. The van der Waals surface area contributed by atoms with Crippen LogP contribution in [0.4, 0.5) is 0 Å². The minimum absolute atomic E-state index is 0.362. The molecule has 1 rings (SSSR count). The molecule has 0 aliphatic heterocycles. The van der Waals surface area contributed by atoms with E-state index in [9.17, 15) is 5.11 Å². The molecular weight excluding hydrogens is 174 g/mol. The van der Waals surface area contributed by atoms with Gasteiger partial charge in [0, 0.05) is 0 Å². The number of hydrogen-bond acceptors (Lipinski definition) is 2. The summed E-state index contributed by atoms with van der Waals surface area (Å²) in [7, 11) is 1.94. The molecule has 1 aromatic rings. The molecule has 0 atom stereocenters. The van der Waals surface area contributed by atoms with Gasteiger partial charge in [-0.2, -0.15) is 0 Å². The number of phenols is 1. The Balaban J connectivity index is 2.59. The smallest absolute Gasteiger partial charge is 0.119 e. The molecule has 0 saturated heterocycles. The van der Waals surface area contributed by atoms with Crippen LogP contribution in [0.5, 0.6) is 5.75 Å². The molecule has 0 aliphatic rings. The number of aryl methyl sites for hydroxylation is 1. The fourth-order valence-corrected chi connectivity index (χ4v) is 1.18. The van der Waals surface area contributed by atoms with Crippen molar-refractivity contribution in [2.45, 2.75) is 13.3 Å². The zero-order valence-corrected chi connectivity index (χ0v) is 8.75. The molecule has 14 heavy (non-hydrogen) atoms. The summed E-state index contributed by atoms with van der Waals surface area (Å²) in [6.07, 6.45) is 5.13. The summed E-state index contributed by atoms with van der Waals surface area (Å²) in [6, 6.07) is 5.71. The molecule has 0 radical (unpaired) electrons. The van der Waals surface area contributed by atoms with E-state index in [4.69, 9.17) is 0 Å². The second-order valence-electron chi connectivity index (χ2n) is 3.34. The number of rotatable bonds is 4. The van der Waals surface area contributed by atoms with Gasteiger partial charge in [0.05, 0.1) is 0 Å². The van der Waals surface area contributed by atoms with E-state index in [1.807, 2.05) is 32.2 Å². The lowest BCUT2D eigenvalue weighted by Gasteiger charge is -1.99. The third-order valence-corrected chi connectivity index (χ3v) is 2.10. The van der Waals surface area contributed by atoms with Gasteiger partial charge in [-0.15, -0.1) is 0 Å². The van der Waals surface area contributed by atoms with E-state index < -0.39 is 0 Å². The summed E-state index contributed by atoms with van der Waals surface area (Å²) in [5, 5.41) is 12.5. The maximum Gasteiger partial charge on any atom is 0.119 e. The van der Waals surface area contributed by atoms with E-state index in [1.54, 1.807) is 6.07 Å². The fourth-order valence-electron chi connectivity index (χ4n) is 1.18. The van der Waals surface area contributed by atoms with Crippen LogP contribution >= 0.6 is 0 Å². The van der Waals surface area contributed by atoms with Crippen LogP contribution < -0.4 is 5.32 Å². The summed E-state index contributed by atoms with van der Waals surface area (Å²) in [5.41, 5.74) is 1.96. The van der Waals surface area contributed by atoms with Crippen LogP contribution in [0.15, 0.2) is 24.3 Å². The Morgan fingerprint density at radius 1 is 1.43 bits per heavy atom. The summed E-state index contributed by atoms with van der Waals surface area (Å²) < 4.78 is 0. The van der Waals surface area contributed by atoms with Crippen molar-refractivity contribution >= 4 is 6.08 Å². The Morgan fingerprint density at radius 2 is 2.21 bits per heavy atom. The zero-order chi connectivity index (χ0) is 10.4. The minimum atomic E-state index is 0.362. The van der Waals surface area contributed by atoms with Gasteiger partial charge in [-0.25, -0.2) is 0 Å². The Bertz CT molecular complexity index is 318. The molecule has 0 amide bonds. The largest absolute Gasteiger partial charge is 0.508 e. The monoisotopic (exact) mass is 191 g/mol. The summed E-state index contributed by atoms with van der Waals surface area (Å²) in [5.74, 6) is 0.362. The number of nitrogens with one attached hydrogen (secondary N) is 1. The SMILES string of the molecule is CNCCC=Cc1ccc(C)c(O)c1. The van der Waals surface area contributed by atoms with Gasteiger partial charge < -0.3 is 10.4 Å². The molecule has 2 heteroatoms. The highest BCUT2D eigenvalue weighted by Crippen LogP contribution is 2.18. The van der Waals surface area contributed by atoms with Gasteiger partial charge in [0.2, 0.25) is 0 Å². The third-order valence-electron chi connectivity index (χ3n) is 2.10. The van der Waals surface area contributed by atoms with Crippen molar-refractivity contribution in [3.05, 3.63) is 35.4 Å². The predicted molar refractivity (Wildman–Crippen MR) is 60.4 cm³/mol. The van der Waals surface area contributed by atoms with Gasteiger partial charge >= 0.3 is 0 Å². The van der Waals surface area contributed by atoms with Crippen molar-refractivity contribution < 1.29 is 5.11 Å². The molecular formula is C12H17NO. The minimum Gasteiger partial charge on any atom is -0.508 e. The van der Waals surface area contributed by atoms with Crippen molar-refractivity contribution in [1.82, 2.24) is 5.32 Å².